The third-order valence-corrected chi connectivity index (χ3v) is 4.66. The van der Waals surface area contributed by atoms with Crippen LogP contribution in [0.5, 0.6) is 0 Å². The summed E-state index contributed by atoms with van der Waals surface area (Å²) in [6.45, 7) is 3.18. The molecule has 110 valence electrons. The minimum absolute atomic E-state index is 0.125. The number of carbonyl (C=O) groups excluding carboxylic acids is 1. The van der Waals surface area contributed by atoms with Crippen molar-refractivity contribution in [3.05, 3.63) is 35.6 Å². The number of rotatable bonds is 5. The Kier molecular flexibility index (Phi) is 5.43. The highest BCUT2D eigenvalue weighted by Crippen LogP contribution is 2.21. The average molecular weight is 297 g/mol. The lowest BCUT2D eigenvalue weighted by Gasteiger charge is -2.17. The number of halogens is 1. The van der Waals surface area contributed by atoms with E-state index in [2.05, 4.69) is 0 Å². The van der Waals surface area contributed by atoms with Gasteiger partial charge >= 0.3 is 0 Å². The Hall–Kier alpha value is -1.07. The summed E-state index contributed by atoms with van der Waals surface area (Å²) >= 11 is 1.54. The van der Waals surface area contributed by atoms with Gasteiger partial charge in [0.2, 0.25) is 5.91 Å². The average Bonchev–Trinajstić information content (AvgIpc) is 2.91. The van der Waals surface area contributed by atoms with Crippen LogP contribution in [0.1, 0.15) is 18.9 Å². The normalized spacial score (nSPS) is 20.1. The lowest BCUT2D eigenvalue weighted by Crippen LogP contribution is -2.31. The van der Waals surface area contributed by atoms with Crippen molar-refractivity contribution in [2.75, 3.05) is 18.8 Å². The maximum absolute atomic E-state index is 12.8. The molecule has 0 saturated carbocycles. The zero-order chi connectivity index (χ0) is 14.5. The number of amides is 1. The lowest BCUT2D eigenvalue weighted by atomic mass is 10.0. The molecule has 1 heterocycles. The van der Waals surface area contributed by atoms with Crippen molar-refractivity contribution in [1.29, 1.82) is 0 Å². The summed E-state index contributed by atoms with van der Waals surface area (Å²) in [6.07, 6.45) is 0.533. The van der Waals surface area contributed by atoms with Gasteiger partial charge < -0.3 is 10.0 Å². The van der Waals surface area contributed by atoms with Crippen molar-refractivity contribution >= 4 is 17.7 Å². The molecule has 0 spiro atoms. The summed E-state index contributed by atoms with van der Waals surface area (Å²) in [6, 6.07) is 6.36. The number of aliphatic hydroxyl groups excluding tert-OH is 1. The van der Waals surface area contributed by atoms with Gasteiger partial charge in [0, 0.05) is 24.8 Å². The molecule has 2 rings (SSSR count). The number of aliphatic hydroxyl groups is 1. The molecule has 20 heavy (non-hydrogen) atoms. The Morgan fingerprint density at radius 2 is 2.20 bits per heavy atom. The Bertz CT molecular complexity index is 450. The molecule has 1 aliphatic rings. The summed E-state index contributed by atoms with van der Waals surface area (Å²) in [5.41, 5.74) is 1.02. The Morgan fingerprint density at radius 1 is 1.50 bits per heavy atom. The van der Waals surface area contributed by atoms with Crippen LogP contribution in [0.25, 0.3) is 0 Å². The van der Waals surface area contributed by atoms with Crippen LogP contribution in [0.2, 0.25) is 0 Å². The summed E-state index contributed by atoms with van der Waals surface area (Å²) in [5, 5.41) is 9.53. The Balaban J connectivity index is 1.72. The number of hydrogen-bond donors (Lipinski definition) is 1. The van der Waals surface area contributed by atoms with Crippen LogP contribution < -0.4 is 0 Å². The first-order valence-electron chi connectivity index (χ1n) is 6.84. The van der Waals surface area contributed by atoms with E-state index in [1.54, 1.807) is 30.8 Å². The fourth-order valence-corrected chi connectivity index (χ4v) is 3.22. The second kappa shape index (κ2) is 7.09. The van der Waals surface area contributed by atoms with Gasteiger partial charge in [-0.1, -0.05) is 12.1 Å². The fourth-order valence-electron chi connectivity index (χ4n) is 2.34. The van der Waals surface area contributed by atoms with Gasteiger partial charge in [0.15, 0.2) is 0 Å². The molecule has 1 fully saturated rings. The molecular formula is C15H20FNO2S. The molecule has 3 nitrogen and oxygen atoms in total. The topological polar surface area (TPSA) is 40.5 Å². The highest BCUT2D eigenvalue weighted by atomic mass is 32.2. The molecule has 1 amide bonds. The SMILES string of the molecule is CC(O)C1CCN(C(=O)CSCc2ccc(F)cc2)C1. The highest BCUT2D eigenvalue weighted by molar-refractivity contribution is 7.99. The lowest BCUT2D eigenvalue weighted by molar-refractivity contribution is -0.127. The second-order valence-corrected chi connectivity index (χ2v) is 6.23. The van der Waals surface area contributed by atoms with Gasteiger partial charge in [-0.2, -0.15) is 0 Å². The van der Waals surface area contributed by atoms with Gasteiger partial charge in [0.05, 0.1) is 11.9 Å². The van der Waals surface area contributed by atoms with E-state index in [0.717, 1.165) is 18.5 Å². The predicted molar refractivity (Wildman–Crippen MR) is 78.9 cm³/mol. The maximum atomic E-state index is 12.8. The number of likely N-dealkylation sites (tertiary alicyclic amines) is 1. The molecule has 1 aliphatic heterocycles. The van der Waals surface area contributed by atoms with Gasteiger partial charge in [0.25, 0.3) is 0 Å². The van der Waals surface area contributed by atoms with Crippen molar-refractivity contribution in [3.63, 3.8) is 0 Å². The first-order chi connectivity index (χ1) is 9.56. The molecule has 0 radical (unpaired) electrons. The zero-order valence-electron chi connectivity index (χ0n) is 11.6. The quantitative estimate of drug-likeness (QED) is 0.906. The molecular weight excluding hydrogens is 277 g/mol. The molecule has 2 unspecified atom stereocenters. The Labute approximate surface area is 123 Å². The van der Waals surface area contributed by atoms with Crippen LogP contribution in [-0.4, -0.2) is 40.9 Å². The minimum Gasteiger partial charge on any atom is -0.393 e. The molecule has 1 aromatic carbocycles. The molecule has 5 heteroatoms. The van der Waals surface area contributed by atoms with Crippen LogP contribution in [-0.2, 0) is 10.5 Å². The van der Waals surface area contributed by atoms with Crippen molar-refractivity contribution in [2.45, 2.75) is 25.2 Å². The zero-order valence-corrected chi connectivity index (χ0v) is 12.4. The number of benzene rings is 1. The fraction of sp³-hybridized carbons (Fsp3) is 0.533. The van der Waals surface area contributed by atoms with E-state index in [9.17, 15) is 14.3 Å². The number of nitrogens with zero attached hydrogens (tertiary/aromatic N) is 1. The van der Waals surface area contributed by atoms with E-state index < -0.39 is 0 Å². The van der Waals surface area contributed by atoms with E-state index in [1.807, 2.05) is 4.90 Å². The standard InChI is InChI=1S/C15H20FNO2S/c1-11(18)13-6-7-17(8-13)15(19)10-20-9-12-2-4-14(16)5-3-12/h2-5,11,13,18H,6-10H2,1H3. The molecule has 0 aromatic heterocycles. The number of thioether (sulfide) groups is 1. The van der Waals surface area contributed by atoms with E-state index in [0.29, 0.717) is 18.1 Å². The first-order valence-corrected chi connectivity index (χ1v) is 8.00. The molecule has 0 aliphatic carbocycles. The van der Waals surface area contributed by atoms with Crippen molar-refractivity contribution in [1.82, 2.24) is 4.90 Å². The summed E-state index contributed by atoms with van der Waals surface area (Å²) < 4.78 is 12.8. The van der Waals surface area contributed by atoms with Crippen LogP contribution in [0.3, 0.4) is 0 Å². The first kappa shape index (κ1) is 15.3. The molecule has 0 bridgehead atoms. The highest BCUT2D eigenvalue weighted by Gasteiger charge is 2.28. The van der Waals surface area contributed by atoms with Gasteiger partial charge in [-0.3, -0.25) is 4.79 Å². The van der Waals surface area contributed by atoms with E-state index >= 15 is 0 Å². The van der Waals surface area contributed by atoms with Gasteiger partial charge in [-0.15, -0.1) is 11.8 Å². The third kappa shape index (κ3) is 4.21. The van der Waals surface area contributed by atoms with Crippen LogP contribution in [0.4, 0.5) is 4.39 Å². The summed E-state index contributed by atoms with van der Waals surface area (Å²) in [4.78, 5) is 13.8. The summed E-state index contributed by atoms with van der Waals surface area (Å²) in [5.74, 6) is 1.24. The Morgan fingerprint density at radius 3 is 2.80 bits per heavy atom. The minimum atomic E-state index is -0.348. The van der Waals surface area contributed by atoms with E-state index in [1.165, 1.54) is 12.1 Å². The van der Waals surface area contributed by atoms with Gasteiger partial charge in [-0.25, -0.2) is 4.39 Å². The molecule has 1 aromatic rings. The monoisotopic (exact) mass is 297 g/mol. The van der Waals surface area contributed by atoms with Crippen molar-refractivity contribution in [3.8, 4) is 0 Å². The predicted octanol–water partition coefficient (Wildman–Crippen LogP) is 2.29. The largest absolute Gasteiger partial charge is 0.393 e. The number of hydrogen-bond acceptors (Lipinski definition) is 3. The van der Waals surface area contributed by atoms with E-state index in [-0.39, 0.29) is 23.7 Å². The maximum Gasteiger partial charge on any atom is 0.232 e. The van der Waals surface area contributed by atoms with Crippen molar-refractivity contribution < 1.29 is 14.3 Å². The van der Waals surface area contributed by atoms with Crippen LogP contribution in [0.15, 0.2) is 24.3 Å². The smallest absolute Gasteiger partial charge is 0.232 e. The third-order valence-electron chi connectivity index (χ3n) is 3.67. The van der Waals surface area contributed by atoms with Crippen LogP contribution in [0, 0.1) is 11.7 Å². The molecule has 1 N–H and O–H groups in total. The van der Waals surface area contributed by atoms with Gasteiger partial charge in [0.1, 0.15) is 5.82 Å². The summed E-state index contributed by atoms with van der Waals surface area (Å²) in [7, 11) is 0. The molecule has 1 saturated heterocycles. The van der Waals surface area contributed by atoms with Crippen molar-refractivity contribution in [2.24, 2.45) is 5.92 Å². The van der Waals surface area contributed by atoms with Crippen LogP contribution >= 0.6 is 11.8 Å². The van der Waals surface area contributed by atoms with Gasteiger partial charge in [-0.05, 0) is 31.0 Å². The van der Waals surface area contributed by atoms with E-state index in [4.69, 9.17) is 0 Å². The molecule has 2 atom stereocenters. The number of carbonyl (C=O) groups is 1. The second-order valence-electron chi connectivity index (χ2n) is 5.25.